The SMILES string of the molecule is CONC(=O)c1cnn2cccnc12. The lowest BCUT2D eigenvalue weighted by Gasteiger charge is -1.98. The Morgan fingerprint density at radius 2 is 2.50 bits per heavy atom. The molecule has 6 nitrogen and oxygen atoms in total. The summed E-state index contributed by atoms with van der Waals surface area (Å²) in [6.07, 6.45) is 4.75. The second kappa shape index (κ2) is 3.43. The fraction of sp³-hybridized carbons (Fsp3) is 0.125. The molecule has 6 heteroatoms. The summed E-state index contributed by atoms with van der Waals surface area (Å²) in [6.45, 7) is 0. The highest BCUT2D eigenvalue weighted by Crippen LogP contribution is 2.05. The van der Waals surface area contributed by atoms with Crippen LogP contribution in [0.15, 0.2) is 24.7 Å². The van der Waals surface area contributed by atoms with E-state index in [1.807, 2.05) is 0 Å². The number of hydrogen-bond acceptors (Lipinski definition) is 4. The molecule has 0 aliphatic rings. The zero-order valence-electron chi connectivity index (χ0n) is 7.47. The van der Waals surface area contributed by atoms with Gasteiger partial charge in [-0.05, 0) is 6.07 Å². The topological polar surface area (TPSA) is 68.5 Å². The van der Waals surface area contributed by atoms with Crippen molar-refractivity contribution in [3.05, 3.63) is 30.2 Å². The number of fused-ring (bicyclic) bond motifs is 1. The van der Waals surface area contributed by atoms with Crippen molar-refractivity contribution < 1.29 is 9.63 Å². The minimum atomic E-state index is -0.360. The first-order valence-corrected chi connectivity index (χ1v) is 3.94. The van der Waals surface area contributed by atoms with Crippen molar-refractivity contribution in [1.82, 2.24) is 20.1 Å². The molecule has 0 unspecified atom stereocenters. The van der Waals surface area contributed by atoms with Crippen LogP contribution in [-0.2, 0) is 4.84 Å². The fourth-order valence-electron chi connectivity index (χ4n) is 1.14. The van der Waals surface area contributed by atoms with Gasteiger partial charge in [0.2, 0.25) is 0 Å². The fourth-order valence-corrected chi connectivity index (χ4v) is 1.14. The molecule has 1 amide bonds. The second-order valence-electron chi connectivity index (χ2n) is 2.58. The largest absolute Gasteiger partial charge is 0.280 e. The van der Waals surface area contributed by atoms with Gasteiger partial charge in [0.25, 0.3) is 5.91 Å². The molecule has 2 heterocycles. The van der Waals surface area contributed by atoms with Crippen molar-refractivity contribution in [2.45, 2.75) is 0 Å². The van der Waals surface area contributed by atoms with E-state index < -0.39 is 0 Å². The molecule has 0 saturated carbocycles. The highest BCUT2D eigenvalue weighted by atomic mass is 16.6. The minimum absolute atomic E-state index is 0.360. The number of nitrogens with one attached hydrogen (secondary N) is 1. The highest BCUT2D eigenvalue weighted by Gasteiger charge is 2.12. The van der Waals surface area contributed by atoms with Gasteiger partial charge in [0, 0.05) is 12.4 Å². The summed E-state index contributed by atoms with van der Waals surface area (Å²) >= 11 is 0. The first kappa shape index (κ1) is 8.64. The monoisotopic (exact) mass is 192 g/mol. The van der Waals surface area contributed by atoms with Crippen molar-refractivity contribution in [2.24, 2.45) is 0 Å². The summed E-state index contributed by atoms with van der Waals surface area (Å²) in [5.74, 6) is -0.360. The number of carbonyl (C=O) groups excluding carboxylic acids is 1. The summed E-state index contributed by atoms with van der Waals surface area (Å²) < 4.78 is 1.52. The quantitative estimate of drug-likeness (QED) is 0.681. The van der Waals surface area contributed by atoms with Crippen molar-refractivity contribution >= 4 is 11.6 Å². The van der Waals surface area contributed by atoms with Gasteiger partial charge in [-0.15, -0.1) is 0 Å². The molecule has 0 aliphatic carbocycles. The third-order valence-electron chi connectivity index (χ3n) is 1.72. The van der Waals surface area contributed by atoms with Crippen molar-refractivity contribution in [1.29, 1.82) is 0 Å². The number of hydroxylamine groups is 1. The van der Waals surface area contributed by atoms with Gasteiger partial charge in [-0.25, -0.2) is 15.0 Å². The molecule has 0 fully saturated rings. The Balaban J connectivity index is 2.47. The molecule has 0 bridgehead atoms. The normalized spacial score (nSPS) is 10.4. The predicted molar refractivity (Wildman–Crippen MR) is 47.5 cm³/mol. The lowest BCUT2D eigenvalue weighted by atomic mass is 10.3. The van der Waals surface area contributed by atoms with Crippen LogP contribution in [0.25, 0.3) is 5.65 Å². The van der Waals surface area contributed by atoms with Crippen LogP contribution in [0.3, 0.4) is 0 Å². The van der Waals surface area contributed by atoms with Gasteiger partial charge in [0.15, 0.2) is 5.65 Å². The van der Waals surface area contributed by atoms with E-state index in [0.717, 1.165) is 0 Å². The van der Waals surface area contributed by atoms with Crippen LogP contribution in [0.4, 0.5) is 0 Å². The Labute approximate surface area is 79.5 Å². The molecule has 2 aromatic rings. The Kier molecular flexibility index (Phi) is 2.11. The van der Waals surface area contributed by atoms with Gasteiger partial charge in [-0.2, -0.15) is 5.10 Å². The third kappa shape index (κ3) is 1.31. The van der Waals surface area contributed by atoms with Gasteiger partial charge in [0.1, 0.15) is 5.56 Å². The molecule has 0 radical (unpaired) electrons. The maximum Gasteiger partial charge on any atom is 0.280 e. The van der Waals surface area contributed by atoms with Gasteiger partial charge < -0.3 is 0 Å². The van der Waals surface area contributed by atoms with Gasteiger partial charge >= 0.3 is 0 Å². The molecule has 2 rings (SSSR count). The molecule has 1 N–H and O–H groups in total. The van der Waals surface area contributed by atoms with Crippen LogP contribution >= 0.6 is 0 Å². The molecule has 0 aromatic carbocycles. The Morgan fingerprint density at radius 1 is 1.64 bits per heavy atom. The van der Waals surface area contributed by atoms with E-state index in [1.54, 1.807) is 18.5 Å². The van der Waals surface area contributed by atoms with Gasteiger partial charge in [-0.1, -0.05) is 0 Å². The van der Waals surface area contributed by atoms with Crippen LogP contribution < -0.4 is 5.48 Å². The molecule has 0 aliphatic heterocycles. The summed E-state index contributed by atoms with van der Waals surface area (Å²) in [6, 6.07) is 1.73. The van der Waals surface area contributed by atoms with Crippen LogP contribution in [-0.4, -0.2) is 27.6 Å². The molecule has 0 spiro atoms. The van der Waals surface area contributed by atoms with Gasteiger partial charge in [0.05, 0.1) is 13.3 Å². The number of nitrogens with zero attached hydrogens (tertiary/aromatic N) is 3. The lowest BCUT2D eigenvalue weighted by molar-refractivity contribution is 0.0539. The first-order chi connectivity index (χ1) is 6.83. The standard InChI is InChI=1S/C8H8N4O2/c1-14-11-8(13)6-5-10-12-4-2-3-9-7(6)12/h2-5H,1H3,(H,11,13). The molecule has 72 valence electrons. The van der Waals surface area contributed by atoms with Gasteiger partial charge in [-0.3, -0.25) is 9.63 Å². The average Bonchev–Trinajstić information content (AvgIpc) is 2.61. The average molecular weight is 192 g/mol. The smallest absolute Gasteiger partial charge is 0.277 e. The Morgan fingerprint density at radius 3 is 3.29 bits per heavy atom. The number of aromatic nitrogens is 3. The molecule has 14 heavy (non-hydrogen) atoms. The van der Waals surface area contributed by atoms with Crippen LogP contribution in [0, 0.1) is 0 Å². The third-order valence-corrected chi connectivity index (χ3v) is 1.72. The predicted octanol–water partition coefficient (Wildman–Crippen LogP) is 0.0205. The van der Waals surface area contributed by atoms with Crippen LogP contribution in [0.2, 0.25) is 0 Å². The zero-order chi connectivity index (χ0) is 9.97. The van der Waals surface area contributed by atoms with E-state index in [0.29, 0.717) is 11.2 Å². The number of carbonyl (C=O) groups is 1. The molecule has 0 atom stereocenters. The number of rotatable bonds is 2. The summed E-state index contributed by atoms with van der Waals surface area (Å²) in [4.78, 5) is 19.9. The minimum Gasteiger partial charge on any atom is -0.277 e. The molecule has 0 saturated heterocycles. The van der Waals surface area contributed by atoms with Crippen LogP contribution in [0.1, 0.15) is 10.4 Å². The zero-order valence-corrected chi connectivity index (χ0v) is 7.47. The maximum absolute atomic E-state index is 11.4. The van der Waals surface area contributed by atoms with E-state index in [9.17, 15) is 4.79 Å². The summed E-state index contributed by atoms with van der Waals surface area (Å²) in [5.41, 5.74) is 3.09. The van der Waals surface area contributed by atoms with Crippen LogP contribution in [0.5, 0.6) is 0 Å². The van der Waals surface area contributed by atoms with E-state index in [4.69, 9.17) is 0 Å². The summed E-state index contributed by atoms with van der Waals surface area (Å²) in [5, 5.41) is 3.96. The molecular weight excluding hydrogens is 184 g/mol. The van der Waals surface area contributed by atoms with Crippen molar-refractivity contribution in [3.8, 4) is 0 Å². The van der Waals surface area contributed by atoms with Crippen molar-refractivity contribution in [2.75, 3.05) is 7.11 Å². The second-order valence-corrected chi connectivity index (χ2v) is 2.58. The van der Waals surface area contributed by atoms with E-state index in [2.05, 4.69) is 20.4 Å². The molecular formula is C8H8N4O2. The van der Waals surface area contributed by atoms with E-state index in [-0.39, 0.29) is 5.91 Å². The highest BCUT2D eigenvalue weighted by molar-refractivity contribution is 5.98. The molecule has 2 aromatic heterocycles. The number of amides is 1. The Hall–Kier alpha value is -1.95. The van der Waals surface area contributed by atoms with Crippen molar-refractivity contribution in [3.63, 3.8) is 0 Å². The number of hydrogen-bond donors (Lipinski definition) is 1. The first-order valence-electron chi connectivity index (χ1n) is 3.94. The summed E-state index contributed by atoms with van der Waals surface area (Å²) in [7, 11) is 1.37. The Bertz CT molecular complexity index is 465. The lowest BCUT2D eigenvalue weighted by Crippen LogP contribution is -2.21. The van der Waals surface area contributed by atoms with E-state index >= 15 is 0 Å². The van der Waals surface area contributed by atoms with E-state index in [1.165, 1.54) is 17.8 Å². The maximum atomic E-state index is 11.4.